The standard InChI is InChI=1S/C15H14Cl2O/c1-2-11-5-3-6-12(9-11)18-15-8-4-7-14(17)13(15)10-16/h3-9H,2,10H2,1H3. The van der Waals surface area contributed by atoms with E-state index in [0.29, 0.717) is 16.7 Å². The highest BCUT2D eigenvalue weighted by atomic mass is 35.5. The van der Waals surface area contributed by atoms with Crippen LogP contribution in [0.4, 0.5) is 0 Å². The van der Waals surface area contributed by atoms with Crippen LogP contribution in [0.5, 0.6) is 11.5 Å². The molecule has 0 radical (unpaired) electrons. The lowest BCUT2D eigenvalue weighted by Gasteiger charge is -2.11. The Morgan fingerprint density at radius 1 is 1.11 bits per heavy atom. The first-order chi connectivity index (χ1) is 8.74. The maximum atomic E-state index is 6.09. The van der Waals surface area contributed by atoms with E-state index in [1.54, 1.807) is 0 Å². The molecule has 0 aliphatic rings. The normalized spacial score (nSPS) is 10.4. The zero-order valence-corrected chi connectivity index (χ0v) is 11.6. The summed E-state index contributed by atoms with van der Waals surface area (Å²) in [5.74, 6) is 1.86. The molecule has 2 rings (SSSR count). The van der Waals surface area contributed by atoms with Gasteiger partial charge in [0.25, 0.3) is 0 Å². The topological polar surface area (TPSA) is 9.23 Å². The van der Waals surface area contributed by atoms with Gasteiger partial charge in [-0.1, -0.05) is 36.7 Å². The first-order valence-electron chi connectivity index (χ1n) is 5.84. The third-order valence-electron chi connectivity index (χ3n) is 2.74. The molecule has 0 saturated heterocycles. The summed E-state index contributed by atoms with van der Waals surface area (Å²) in [5.41, 5.74) is 2.06. The van der Waals surface area contributed by atoms with Crippen LogP contribution >= 0.6 is 23.2 Å². The van der Waals surface area contributed by atoms with Crippen molar-refractivity contribution in [3.63, 3.8) is 0 Å². The molecule has 0 atom stereocenters. The van der Waals surface area contributed by atoms with Gasteiger partial charge in [-0.2, -0.15) is 0 Å². The molecule has 2 aromatic rings. The predicted octanol–water partition coefficient (Wildman–Crippen LogP) is 5.43. The lowest BCUT2D eigenvalue weighted by atomic mass is 10.1. The number of hydrogen-bond donors (Lipinski definition) is 0. The summed E-state index contributed by atoms with van der Waals surface area (Å²) >= 11 is 12.0. The maximum Gasteiger partial charge on any atom is 0.133 e. The smallest absolute Gasteiger partial charge is 0.133 e. The van der Waals surface area contributed by atoms with E-state index in [-0.39, 0.29) is 0 Å². The zero-order chi connectivity index (χ0) is 13.0. The summed E-state index contributed by atoms with van der Waals surface area (Å²) in [6.07, 6.45) is 0.981. The van der Waals surface area contributed by atoms with Crippen LogP contribution in [0.1, 0.15) is 18.1 Å². The van der Waals surface area contributed by atoms with Crippen molar-refractivity contribution in [3.8, 4) is 11.5 Å². The lowest BCUT2D eigenvalue weighted by Crippen LogP contribution is -1.91. The van der Waals surface area contributed by atoms with Gasteiger partial charge in [-0.15, -0.1) is 11.6 Å². The molecule has 1 nitrogen and oxygen atoms in total. The van der Waals surface area contributed by atoms with Gasteiger partial charge in [0.15, 0.2) is 0 Å². The molecule has 0 aliphatic heterocycles. The van der Waals surface area contributed by atoms with Crippen LogP contribution in [0, 0.1) is 0 Å². The molecule has 0 spiro atoms. The molecule has 0 fully saturated rings. The Morgan fingerprint density at radius 3 is 2.61 bits per heavy atom. The minimum atomic E-state index is 0.336. The van der Waals surface area contributed by atoms with E-state index >= 15 is 0 Å². The van der Waals surface area contributed by atoms with Crippen molar-refractivity contribution in [2.45, 2.75) is 19.2 Å². The summed E-state index contributed by atoms with van der Waals surface area (Å²) in [7, 11) is 0. The van der Waals surface area contributed by atoms with E-state index in [0.717, 1.165) is 17.7 Å². The van der Waals surface area contributed by atoms with Crippen LogP contribution in [-0.4, -0.2) is 0 Å². The summed E-state index contributed by atoms with van der Waals surface area (Å²) in [6, 6.07) is 13.6. The van der Waals surface area contributed by atoms with Crippen molar-refractivity contribution >= 4 is 23.2 Å². The van der Waals surface area contributed by atoms with E-state index in [9.17, 15) is 0 Å². The maximum absolute atomic E-state index is 6.09. The van der Waals surface area contributed by atoms with E-state index < -0.39 is 0 Å². The second-order valence-corrected chi connectivity index (χ2v) is 4.63. The second-order valence-electron chi connectivity index (χ2n) is 3.95. The molecule has 0 aromatic heterocycles. The van der Waals surface area contributed by atoms with Crippen LogP contribution in [0.3, 0.4) is 0 Å². The van der Waals surface area contributed by atoms with Gasteiger partial charge in [0.2, 0.25) is 0 Å². The molecule has 0 aliphatic carbocycles. The van der Waals surface area contributed by atoms with E-state index in [1.807, 2.05) is 36.4 Å². The highest BCUT2D eigenvalue weighted by Crippen LogP contribution is 2.31. The van der Waals surface area contributed by atoms with Gasteiger partial charge in [0.05, 0.1) is 5.88 Å². The SMILES string of the molecule is CCc1cccc(Oc2cccc(Cl)c2CCl)c1. The second kappa shape index (κ2) is 6.12. The van der Waals surface area contributed by atoms with Gasteiger partial charge in [-0.25, -0.2) is 0 Å². The van der Waals surface area contributed by atoms with Gasteiger partial charge >= 0.3 is 0 Å². The Labute approximate surface area is 117 Å². The number of alkyl halides is 1. The first kappa shape index (κ1) is 13.3. The Hall–Kier alpha value is -1.18. The van der Waals surface area contributed by atoms with Crippen molar-refractivity contribution in [1.82, 2.24) is 0 Å². The van der Waals surface area contributed by atoms with Crippen LogP contribution < -0.4 is 4.74 Å². The minimum absolute atomic E-state index is 0.336. The van der Waals surface area contributed by atoms with Crippen LogP contribution in [0.25, 0.3) is 0 Å². The zero-order valence-electron chi connectivity index (χ0n) is 10.1. The van der Waals surface area contributed by atoms with Crippen LogP contribution in [0.2, 0.25) is 5.02 Å². The van der Waals surface area contributed by atoms with Crippen LogP contribution in [-0.2, 0) is 12.3 Å². The van der Waals surface area contributed by atoms with Gasteiger partial charge in [0.1, 0.15) is 11.5 Å². The molecule has 0 N–H and O–H groups in total. The van der Waals surface area contributed by atoms with E-state index in [1.165, 1.54) is 5.56 Å². The first-order valence-corrected chi connectivity index (χ1v) is 6.76. The lowest BCUT2D eigenvalue weighted by molar-refractivity contribution is 0.478. The Kier molecular flexibility index (Phi) is 4.51. The van der Waals surface area contributed by atoms with Gasteiger partial charge in [-0.3, -0.25) is 0 Å². The van der Waals surface area contributed by atoms with E-state index in [2.05, 4.69) is 13.0 Å². The fraction of sp³-hybridized carbons (Fsp3) is 0.200. The molecule has 0 bridgehead atoms. The molecule has 2 aromatic carbocycles. The fourth-order valence-electron chi connectivity index (χ4n) is 1.72. The van der Waals surface area contributed by atoms with E-state index in [4.69, 9.17) is 27.9 Å². The average Bonchev–Trinajstić information content (AvgIpc) is 2.39. The highest BCUT2D eigenvalue weighted by molar-refractivity contribution is 6.32. The number of benzene rings is 2. The predicted molar refractivity (Wildman–Crippen MR) is 76.9 cm³/mol. The summed E-state index contributed by atoms with van der Waals surface area (Å²) < 4.78 is 5.85. The number of rotatable bonds is 4. The molecule has 0 saturated carbocycles. The average molecular weight is 281 g/mol. The summed E-state index contributed by atoms with van der Waals surface area (Å²) in [6.45, 7) is 2.11. The Bertz CT molecular complexity index is 538. The minimum Gasteiger partial charge on any atom is -0.457 e. The monoisotopic (exact) mass is 280 g/mol. The molecular weight excluding hydrogens is 267 g/mol. The third kappa shape index (κ3) is 2.98. The Balaban J connectivity index is 2.30. The molecule has 0 heterocycles. The Morgan fingerprint density at radius 2 is 1.89 bits per heavy atom. The molecule has 0 amide bonds. The third-order valence-corrected chi connectivity index (χ3v) is 3.37. The van der Waals surface area contributed by atoms with Gasteiger partial charge in [0, 0.05) is 10.6 Å². The van der Waals surface area contributed by atoms with Crippen molar-refractivity contribution in [2.24, 2.45) is 0 Å². The quantitative estimate of drug-likeness (QED) is 0.678. The molecule has 94 valence electrons. The van der Waals surface area contributed by atoms with Gasteiger partial charge < -0.3 is 4.74 Å². The van der Waals surface area contributed by atoms with Crippen molar-refractivity contribution < 1.29 is 4.74 Å². The number of halogens is 2. The van der Waals surface area contributed by atoms with Crippen molar-refractivity contribution in [1.29, 1.82) is 0 Å². The summed E-state index contributed by atoms with van der Waals surface area (Å²) in [5, 5.41) is 0.633. The molecule has 18 heavy (non-hydrogen) atoms. The highest BCUT2D eigenvalue weighted by Gasteiger charge is 2.08. The number of ether oxygens (including phenoxy) is 1. The number of hydrogen-bond acceptors (Lipinski definition) is 1. The fourth-order valence-corrected chi connectivity index (χ4v) is 2.30. The van der Waals surface area contributed by atoms with Crippen LogP contribution in [0.15, 0.2) is 42.5 Å². The molecule has 3 heteroatoms. The summed E-state index contributed by atoms with van der Waals surface area (Å²) in [4.78, 5) is 0. The number of aryl methyl sites for hydroxylation is 1. The van der Waals surface area contributed by atoms with Gasteiger partial charge in [-0.05, 0) is 36.2 Å². The molecule has 0 unspecified atom stereocenters. The van der Waals surface area contributed by atoms with Crippen molar-refractivity contribution in [3.05, 3.63) is 58.6 Å². The molecular formula is C15H14Cl2O. The largest absolute Gasteiger partial charge is 0.457 e. The van der Waals surface area contributed by atoms with Crippen molar-refractivity contribution in [2.75, 3.05) is 0 Å².